The first kappa shape index (κ1) is 12.3. The number of fused-ring (bicyclic) bond motifs is 1. The van der Waals surface area contributed by atoms with Crippen molar-refractivity contribution >= 4 is 22.3 Å². The summed E-state index contributed by atoms with van der Waals surface area (Å²) in [6.45, 7) is 3.20. The van der Waals surface area contributed by atoms with E-state index in [0.29, 0.717) is 36.2 Å². The molecule has 0 saturated carbocycles. The largest absolute Gasteiger partial charge is 0.375 e. The number of nitrogens with zero attached hydrogens (tertiary/aromatic N) is 4. The van der Waals surface area contributed by atoms with E-state index < -0.39 is 0 Å². The van der Waals surface area contributed by atoms with Crippen LogP contribution in [0.3, 0.4) is 0 Å². The standard InChI is InChI=1S/C12H14FN5S/c1-2-7-10(13)11(16-6-15-7)18-4-3-8-9(5-18)19-12(14)17-8/h6H,2-5H2,1H3,(H2,14,17). The Morgan fingerprint density at radius 1 is 1.47 bits per heavy atom. The summed E-state index contributed by atoms with van der Waals surface area (Å²) >= 11 is 1.46. The fraction of sp³-hybridized carbons (Fsp3) is 0.417. The molecule has 5 nitrogen and oxygen atoms in total. The summed E-state index contributed by atoms with van der Waals surface area (Å²) in [5.41, 5.74) is 7.20. The molecule has 3 heterocycles. The van der Waals surface area contributed by atoms with Gasteiger partial charge >= 0.3 is 0 Å². The van der Waals surface area contributed by atoms with Gasteiger partial charge in [0.2, 0.25) is 0 Å². The van der Waals surface area contributed by atoms with Crippen molar-refractivity contribution in [2.24, 2.45) is 0 Å². The topological polar surface area (TPSA) is 67.9 Å². The highest BCUT2D eigenvalue weighted by atomic mass is 32.1. The maximum Gasteiger partial charge on any atom is 0.187 e. The predicted molar refractivity (Wildman–Crippen MR) is 72.6 cm³/mol. The molecule has 2 N–H and O–H groups in total. The Labute approximate surface area is 114 Å². The van der Waals surface area contributed by atoms with Crippen LogP contribution in [0.5, 0.6) is 0 Å². The van der Waals surface area contributed by atoms with E-state index in [0.717, 1.165) is 17.0 Å². The molecular weight excluding hydrogens is 265 g/mol. The van der Waals surface area contributed by atoms with Crippen molar-refractivity contribution in [1.29, 1.82) is 0 Å². The van der Waals surface area contributed by atoms with Crippen LogP contribution in [0.2, 0.25) is 0 Å². The maximum absolute atomic E-state index is 14.2. The molecule has 2 aromatic heterocycles. The third-order valence-corrected chi connectivity index (χ3v) is 4.14. The van der Waals surface area contributed by atoms with Gasteiger partial charge in [-0.2, -0.15) is 0 Å². The lowest BCUT2D eigenvalue weighted by Crippen LogP contribution is -2.31. The normalized spacial score (nSPS) is 14.5. The van der Waals surface area contributed by atoms with Crippen molar-refractivity contribution in [2.75, 3.05) is 17.2 Å². The van der Waals surface area contributed by atoms with Gasteiger partial charge in [0.25, 0.3) is 0 Å². The fourth-order valence-corrected chi connectivity index (χ4v) is 3.15. The van der Waals surface area contributed by atoms with E-state index in [4.69, 9.17) is 5.73 Å². The molecule has 100 valence electrons. The molecule has 3 rings (SSSR count). The highest BCUT2D eigenvalue weighted by Gasteiger charge is 2.24. The number of halogens is 1. The summed E-state index contributed by atoms with van der Waals surface area (Å²) in [5, 5.41) is 0.573. The molecule has 0 bridgehead atoms. The van der Waals surface area contributed by atoms with Gasteiger partial charge in [0.15, 0.2) is 16.8 Å². The molecule has 7 heteroatoms. The summed E-state index contributed by atoms with van der Waals surface area (Å²) in [6, 6.07) is 0. The van der Waals surface area contributed by atoms with Crippen LogP contribution in [-0.4, -0.2) is 21.5 Å². The van der Waals surface area contributed by atoms with Crippen molar-refractivity contribution in [3.05, 3.63) is 28.4 Å². The average Bonchev–Trinajstić information content (AvgIpc) is 2.78. The van der Waals surface area contributed by atoms with Crippen molar-refractivity contribution in [2.45, 2.75) is 26.3 Å². The highest BCUT2D eigenvalue weighted by molar-refractivity contribution is 7.15. The minimum absolute atomic E-state index is 0.314. The number of aromatic nitrogens is 3. The molecule has 1 aliphatic rings. The molecule has 1 aliphatic heterocycles. The van der Waals surface area contributed by atoms with Crippen LogP contribution < -0.4 is 10.6 Å². The van der Waals surface area contributed by atoms with Gasteiger partial charge in [-0.15, -0.1) is 11.3 Å². The maximum atomic E-state index is 14.2. The molecule has 0 aliphatic carbocycles. The first-order valence-electron chi connectivity index (χ1n) is 6.17. The van der Waals surface area contributed by atoms with E-state index >= 15 is 0 Å². The number of rotatable bonds is 2. The van der Waals surface area contributed by atoms with Gasteiger partial charge in [0, 0.05) is 17.8 Å². The number of thiazole rings is 1. The first-order chi connectivity index (χ1) is 9.19. The molecule has 2 aromatic rings. The third kappa shape index (κ3) is 2.14. The number of anilines is 2. The lowest BCUT2D eigenvalue weighted by atomic mass is 10.1. The van der Waals surface area contributed by atoms with E-state index in [-0.39, 0.29) is 5.82 Å². The van der Waals surface area contributed by atoms with E-state index in [9.17, 15) is 4.39 Å². The second-order valence-electron chi connectivity index (χ2n) is 4.41. The lowest BCUT2D eigenvalue weighted by molar-refractivity contribution is 0.577. The molecule has 0 unspecified atom stereocenters. The molecular formula is C12H14FN5S. The van der Waals surface area contributed by atoms with Gasteiger partial charge < -0.3 is 10.6 Å². The van der Waals surface area contributed by atoms with E-state index in [1.807, 2.05) is 11.8 Å². The predicted octanol–water partition coefficient (Wildman–Crippen LogP) is 1.78. The number of hydrogen-bond acceptors (Lipinski definition) is 6. The first-order valence-corrected chi connectivity index (χ1v) is 6.99. The minimum atomic E-state index is -0.314. The van der Waals surface area contributed by atoms with Crippen molar-refractivity contribution in [3.8, 4) is 0 Å². The van der Waals surface area contributed by atoms with Crippen LogP contribution in [0.4, 0.5) is 15.3 Å². The lowest BCUT2D eigenvalue weighted by Gasteiger charge is -2.27. The van der Waals surface area contributed by atoms with Crippen LogP contribution in [0.1, 0.15) is 23.2 Å². The van der Waals surface area contributed by atoms with Gasteiger partial charge in [-0.25, -0.2) is 19.3 Å². The van der Waals surface area contributed by atoms with Crippen LogP contribution in [-0.2, 0) is 19.4 Å². The minimum Gasteiger partial charge on any atom is -0.375 e. The Morgan fingerprint density at radius 3 is 3.11 bits per heavy atom. The van der Waals surface area contributed by atoms with Crippen LogP contribution in [0.25, 0.3) is 0 Å². The Morgan fingerprint density at radius 2 is 2.32 bits per heavy atom. The Hall–Kier alpha value is -1.76. The summed E-state index contributed by atoms with van der Waals surface area (Å²) < 4.78 is 14.2. The van der Waals surface area contributed by atoms with Crippen LogP contribution in [0, 0.1) is 5.82 Å². The van der Waals surface area contributed by atoms with Crippen molar-refractivity contribution in [3.63, 3.8) is 0 Å². The highest BCUT2D eigenvalue weighted by Crippen LogP contribution is 2.30. The van der Waals surface area contributed by atoms with Crippen molar-refractivity contribution in [1.82, 2.24) is 15.0 Å². The quantitative estimate of drug-likeness (QED) is 0.907. The number of aryl methyl sites for hydroxylation is 1. The zero-order valence-corrected chi connectivity index (χ0v) is 11.4. The van der Waals surface area contributed by atoms with E-state index in [1.54, 1.807) is 0 Å². The van der Waals surface area contributed by atoms with E-state index in [1.165, 1.54) is 17.7 Å². The summed E-state index contributed by atoms with van der Waals surface area (Å²) in [7, 11) is 0. The molecule has 0 fully saturated rings. The molecule has 0 aromatic carbocycles. The third-order valence-electron chi connectivity index (χ3n) is 3.23. The molecule has 0 spiro atoms. The number of nitrogens with two attached hydrogens (primary N) is 1. The SMILES string of the molecule is CCc1ncnc(N2CCc3nc(N)sc3C2)c1F. The Balaban J connectivity index is 1.93. The van der Waals surface area contributed by atoms with Gasteiger partial charge in [-0.05, 0) is 6.42 Å². The van der Waals surface area contributed by atoms with Crippen LogP contribution in [0.15, 0.2) is 6.33 Å². The van der Waals surface area contributed by atoms with Gasteiger partial charge in [-0.1, -0.05) is 6.92 Å². The zero-order chi connectivity index (χ0) is 13.4. The second kappa shape index (κ2) is 4.73. The van der Waals surface area contributed by atoms with Gasteiger partial charge in [0.05, 0.1) is 17.9 Å². The average molecular weight is 279 g/mol. The Kier molecular flexibility index (Phi) is 3.06. The molecule has 19 heavy (non-hydrogen) atoms. The monoisotopic (exact) mass is 279 g/mol. The molecule has 0 amide bonds. The summed E-state index contributed by atoms with van der Waals surface area (Å²) in [4.78, 5) is 15.3. The smallest absolute Gasteiger partial charge is 0.187 e. The number of nitrogen functional groups attached to an aromatic ring is 1. The van der Waals surface area contributed by atoms with Gasteiger partial charge in [0.1, 0.15) is 6.33 Å². The fourth-order valence-electron chi connectivity index (χ4n) is 2.26. The van der Waals surface area contributed by atoms with Gasteiger partial charge in [-0.3, -0.25) is 0 Å². The van der Waals surface area contributed by atoms with Crippen LogP contribution >= 0.6 is 11.3 Å². The summed E-state index contributed by atoms with van der Waals surface area (Å²) in [6.07, 6.45) is 2.76. The molecule has 0 atom stereocenters. The molecule has 0 radical (unpaired) electrons. The number of hydrogen-bond donors (Lipinski definition) is 1. The second-order valence-corrected chi connectivity index (χ2v) is 5.52. The summed E-state index contributed by atoms with van der Waals surface area (Å²) in [5.74, 6) is 0.0652. The van der Waals surface area contributed by atoms with E-state index in [2.05, 4.69) is 15.0 Å². The molecule has 0 saturated heterocycles. The zero-order valence-electron chi connectivity index (χ0n) is 10.6. The van der Waals surface area contributed by atoms with Crippen molar-refractivity contribution < 1.29 is 4.39 Å². The Bertz CT molecular complexity index is 612.